The van der Waals surface area contributed by atoms with E-state index in [1.807, 2.05) is 30.5 Å². The minimum absolute atomic E-state index is 0.0586. The number of nitrogens with zero attached hydrogens (tertiary/aromatic N) is 1. The molecule has 2 rings (SSSR count). The number of halogens is 1. The van der Waals surface area contributed by atoms with Crippen LogP contribution in [0.25, 0.3) is 0 Å². The fraction of sp³-hybridized carbons (Fsp3) is 0.200. The molecule has 0 bridgehead atoms. The smallest absolute Gasteiger partial charge is 0.269 e. The molecule has 0 radical (unpaired) electrons. The largest absolute Gasteiger partial charge is 0.280 e. The van der Waals surface area contributed by atoms with Crippen LogP contribution < -0.4 is 5.43 Å². The van der Waals surface area contributed by atoms with Gasteiger partial charge in [-0.05, 0) is 18.2 Å². The van der Waals surface area contributed by atoms with Gasteiger partial charge in [-0.2, -0.15) is 0 Å². The van der Waals surface area contributed by atoms with Crippen molar-refractivity contribution in [3.05, 3.63) is 34.9 Å². The molecule has 14 heavy (non-hydrogen) atoms. The molecule has 1 aliphatic rings. The van der Waals surface area contributed by atoms with E-state index in [1.165, 1.54) is 0 Å². The van der Waals surface area contributed by atoms with Crippen molar-refractivity contribution in [2.45, 2.75) is 6.42 Å². The van der Waals surface area contributed by atoms with Crippen LogP contribution in [0.3, 0.4) is 0 Å². The highest BCUT2D eigenvalue weighted by atomic mass is 35.5. The third-order valence-electron chi connectivity index (χ3n) is 2.00. The number of hydrazine groups is 1. The van der Waals surface area contributed by atoms with Crippen LogP contribution in [-0.4, -0.2) is 23.4 Å². The Morgan fingerprint density at radius 3 is 3.00 bits per heavy atom. The lowest BCUT2D eigenvalue weighted by Gasteiger charge is -1.93. The first kappa shape index (κ1) is 9.21. The van der Waals surface area contributed by atoms with Gasteiger partial charge >= 0.3 is 0 Å². The Morgan fingerprint density at radius 1 is 1.50 bits per heavy atom. The molecule has 1 aliphatic heterocycles. The van der Waals surface area contributed by atoms with Crippen molar-refractivity contribution in [3.63, 3.8) is 0 Å². The van der Waals surface area contributed by atoms with E-state index >= 15 is 0 Å². The second-order valence-corrected chi connectivity index (χ2v) is 3.60. The van der Waals surface area contributed by atoms with Gasteiger partial charge in [-0.15, -0.1) is 10.1 Å². The third kappa shape index (κ3) is 2.12. The van der Waals surface area contributed by atoms with Gasteiger partial charge in [0.05, 0.1) is 6.42 Å². The van der Waals surface area contributed by atoms with E-state index in [9.17, 15) is 4.79 Å². The van der Waals surface area contributed by atoms with Gasteiger partial charge in [0.2, 0.25) is 6.21 Å². The monoisotopic (exact) mass is 209 g/mol. The van der Waals surface area contributed by atoms with Gasteiger partial charge in [-0.1, -0.05) is 17.7 Å². The highest BCUT2D eigenvalue weighted by molar-refractivity contribution is 6.30. The number of hydrogen-bond acceptors (Lipinski definition) is 1. The molecule has 1 saturated heterocycles. The predicted octanol–water partition coefficient (Wildman–Crippen LogP) is 1.21. The van der Waals surface area contributed by atoms with Crippen molar-refractivity contribution < 1.29 is 9.48 Å². The molecule has 1 fully saturated rings. The average Bonchev–Trinajstić information content (AvgIpc) is 2.51. The summed E-state index contributed by atoms with van der Waals surface area (Å²) in [4.78, 5) is 10.9. The van der Waals surface area contributed by atoms with Crippen LogP contribution in [0, 0.1) is 0 Å². The van der Waals surface area contributed by atoms with Gasteiger partial charge in [-0.3, -0.25) is 4.79 Å². The maximum absolute atomic E-state index is 10.9. The summed E-state index contributed by atoms with van der Waals surface area (Å²) in [7, 11) is 0. The van der Waals surface area contributed by atoms with Crippen molar-refractivity contribution >= 4 is 23.7 Å². The summed E-state index contributed by atoms with van der Waals surface area (Å²) in [6.45, 7) is 0.714. The summed E-state index contributed by atoms with van der Waals surface area (Å²) in [6.07, 6.45) is 2.42. The number of nitrogens with one attached hydrogen (secondary N) is 1. The molecule has 1 amide bonds. The normalized spacial score (nSPS) is 18.6. The Labute approximate surface area is 87.0 Å². The highest BCUT2D eigenvalue weighted by Crippen LogP contribution is 2.08. The Kier molecular flexibility index (Phi) is 2.50. The zero-order valence-corrected chi connectivity index (χ0v) is 8.29. The zero-order valence-electron chi connectivity index (χ0n) is 7.53. The Balaban J connectivity index is 2.21. The van der Waals surface area contributed by atoms with Gasteiger partial charge in [0.25, 0.3) is 5.91 Å². The van der Waals surface area contributed by atoms with E-state index in [2.05, 4.69) is 5.43 Å². The summed E-state index contributed by atoms with van der Waals surface area (Å²) >= 11 is 5.83. The van der Waals surface area contributed by atoms with Crippen molar-refractivity contribution in [2.75, 3.05) is 6.54 Å². The van der Waals surface area contributed by atoms with E-state index in [0.29, 0.717) is 18.0 Å². The fourth-order valence-corrected chi connectivity index (χ4v) is 1.56. The summed E-state index contributed by atoms with van der Waals surface area (Å²) in [5.41, 5.74) is 3.70. The molecular formula is C10H10ClN2O+. The van der Waals surface area contributed by atoms with E-state index in [1.54, 1.807) is 4.68 Å². The van der Waals surface area contributed by atoms with Crippen molar-refractivity contribution in [3.8, 4) is 0 Å². The third-order valence-corrected chi connectivity index (χ3v) is 2.24. The van der Waals surface area contributed by atoms with Gasteiger partial charge < -0.3 is 0 Å². The van der Waals surface area contributed by atoms with Crippen LogP contribution in [0.2, 0.25) is 5.02 Å². The first-order valence-electron chi connectivity index (χ1n) is 4.40. The molecule has 0 spiro atoms. The van der Waals surface area contributed by atoms with Crippen molar-refractivity contribution in [1.82, 2.24) is 5.43 Å². The number of carbonyl (C=O) groups is 1. The number of carbonyl (C=O) groups excluding carboxylic acids is 1. The zero-order chi connectivity index (χ0) is 9.97. The molecule has 1 aromatic rings. The standard InChI is InChI=1S/C10H9ClN2O/c11-9-3-1-2-8(6-9)7-13-5-4-10(14)12-13/h1-3,6-7H,4-5H2/p+1/b13-7-. The number of hydrazone groups is 1. The van der Waals surface area contributed by atoms with Crippen LogP contribution >= 0.6 is 11.6 Å². The van der Waals surface area contributed by atoms with E-state index in [0.717, 1.165) is 5.56 Å². The second kappa shape index (κ2) is 3.80. The van der Waals surface area contributed by atoms with Crippen LogP contribution in [-0.2, 0) is 4.79 Å². The SMILES string of the molecule is O=C1CC/[N+](=C/c2cccc(Cl)c2)N1. The molecule has 0 aliphatic carbocycles. The lowest BCUT2D eigenvalue weighted by atomic mass is 10.2. The molecular weight excluding hydrogens is 200 g/mol. The number of hydrogen-bond donors (Lipinski definition) is 1. The van der Waals surface area contributed by atoms with Crippen molar-refractivity contribution in [1.29, 1.82) is 0 Å². The lowest BCUT2D eigenvalue weighted by Crippen LogP contribution is -2.25. The van der Waals surface area contributed by atoms with Crippen LogP contribution in [0.15, 0.2) is 24.3 Å². The average molecular weight is 210 g/mol. The summed E-state index contributed by atoms with van der Waals surface area (Å²) in [6, 6.07) is 7.50. The molecule has 72 valence electrons. The maximum Gasteiger partial charge on any atom is 0.280 e. The minimum atomic E-state index is 0.0586. The highest BCUT2D eigenvalue weighted by Gasteiger charge is 2.20. The Morgan fingerprint density at radius 2 is 2.36 bits per heavy atom. The van der Waals surface area contributed by atoms with E-state index in [-0.39, 0.29) is 5.91 Å². The molecule has 3 nitrogen and oxygen atoms in total. The van der Waals surface area contributed by atoms with Gasteiger partial charge in [0.1, 0.15) is 0 Å². The van der Waals surface area contributed by atoms with Crippen LogP contribution in [0.4, 0.5) is 0 Å². The van der Waals surface area contributed by atoms with Crippen LogP contribution in [0.1, 0.15) is 12.0 Å². The Bertz CT molecular complexity index is 401. The minimum Gasteiger partial charge on any atom is -0.269 e. The maximum atomic E-state index is 10.9. The van der Waals surface area contributed by atoms with E-state index < -0.39 is 0 Å². The summed E-state index contributed by atoms with van der Waals surface area (Å²) in [5.74, 6) is 0.0586. The van der Waals surface area contributed by atoms with Gasteiger partial charge in [0.15, 0.2) is 6.54 Å². The quantitative estimate of drug-likeness (QED) is 0.693. The molecule has 4 heteroatoms. The molecule has 0 aromatic heterocycles. The summed E-state index contributed by atoms with van der Waals surface area (Å²) < 4.78 is 1.77. The molecule has 0 atom stereocenters. The molecule has 0 unspecified atom stereocenters. The van der Waals surface area contributed by atoms with Gasteiger partial charge in [0, 0.05) is 10.6 Å². The molecule has 1 aromatic carbocycles. The second-order valence-electron chi connectivity index (χ2n) is 3.16. The summed E-state index contributed by atoms with van der Waals surface area (Å²) in [5, 5.41) is 0.698. The topological polar surface area (TPSA) is 32.1 Å². The lowest BCUT2D eigenvalue weighted by molar-refractivity contribution is -0.553. The van der Waals surface area contributed by atoms with Gasteiger partial charge in [-0.25, -0.2) is 0 Å². The Hall–Kier alpha value is -1.35. The van der Waals surface area contributed by atoms with E-state index in [4.69, 9.17) is 11.6 Å². The van der Waals surface area contributed by atoms with Crippen molar-refractivity contribution in [2.24, 2.45) is 0 Å². The molecule has 1 N–H and O–H groups in total. The molecule has 0 saturated carbocycles. The first-order chi connectivity index (χ1) is 6.74. The van der Waals surface area contributed by atoms with Crippen LogP contribution in [0.5, 0.6) is 0 Å². The number of amides is 1. The number of rotatable bonds is 1. The molecule has 1 heterocycles. The fourth-order valence-electron chi connectivity index (χ4n) is 1.36. The first-order valence-corrected chi connectivity index (χ1v) is 4.78. The predicted molar refractivity (Wildman–Crippen MR) is 54.5 cm³/mol. The number of benzene rings is 1.